The van der Waals surface area contributed by atoms with Gasteiger partial charge in [0, 0.05) is 31.8 Å². The molecule has 2 aromatic rings. The number of anilines is 2. The van der Waals surface area contributed by atoms with Crippen molar-refractivity contribution >= 4 is 11.8 Å². The van der Waals surface area contributed by atoms with Crippen LogP contribution in [-0.2, 0) is 11.2 Å². The van der Waals surface area contributed by atoms with E-state index in [9.17, 15) is 0 Å². The Morgan fingerprint density at radius 2 is 1.77 bits per heavy atom. The Morgan fingerprint density at radius 3 is 2.35 bits per heavy atom. The monoisotopic (exact) mass is 360 g/mol. The van der Waals surface area contributed by atoms with Crippen molar-refractivity contribution in [2.45, 2.75) is 26.2 Å². The molecule has 2 rings (SSSR count). The highest BCUT2D eigenvalue weighted by atomic mass is 16.5. The van der Waals surface area contributed by atoms with Crippen molar-refractivity contribution in [1.29, 1.82) is 0 Å². The normalized spacial score (nSPS) is 10.8. The molecule has 0 aliphatic carbocycles. The number of nitrogens with two attached hydrogens (primary N) is 1. The summed E-state index contributed by atoms with van der Waals surface area (Å²) in [4.78, 5) is 8.68. The summed E-state index contributed by atoms with van der Waals surface area (Å²) < 4.78 is 15.9. The van der Waals surface area contributed by atoms with Crippen LogP contribution < -0.4 is 20.5 Å². The highest BCUT2D eigenvalue weighted by molar-refractivity contribution is 5.52. The summed E-state index contributed by atoms with van der Waals surface area (Å²) in [6.07, 6.45) is 2.39. The first kappa shape index (κ1) is 19.8. The summed E-state index contributed by atoms with van der Waals surface area (Å²) in [5.41, 5.74) is 9.32. The summed E-state index contributed by atoms with van der Waals surface area (Å²) in [6.45, 7) is 5.50. The summed E-state index contributed by atoms with van der Waals surface area (Å²) in [7, 11) is 4.92. The molecule has 0 fully saturated rings. The lowest BCUT2D eigenvalue weighted by atomic mass is 9.92. The first-order valence-corrected chi connectivity index (χ1v) is 8.59. The van der Waals surface area contributed by atoms with Gasteiger partial charge in [-0.25, -0.2) is 4.98 Å². The van der Waals surface area contributed by atoms with Crippen molar-refractivity contribution in [1.82, 2.24) is 9.97 Å². The maximum absolute atomic E-state index is 6.15. The molecule has 3 N–H and O–H groups in total. The maximum Gasteiger partial charge on any atom is 0.224 e. The van der Waals surface area contributed by atoms with Crippen LogP contribution in [0.4, 0.5) is 11.8 Å². The minimum Gasteiger partial charge on any atom is -0.493 e. The molecule has 0 unspecified atom stereocenters. The average molecular weight is 360 g/mol. The minimum absolute atomic E-state index is 0.335. The van der Waals surface area contributed by atoms with Crippen molar-refractivity contribution in [2.75, 3.05) is 45.5 Å². The van der Waals surface area contributed by atoms with E-state index in [2.05, 4.69) is 29.1 Å². The Bertz CT molecular complexity index is 735. The highest BCUT2D eigenvalue weighted by Crippen LogP contribution is 2.35. The first-order chi connectivity index (χ1) is 12.5. The Kier molecular flexibility index (Phi) is 7.03. The van der Waals surface area contributed by atoms with Gasteiger partial charge in [0.1, 0.15) is 5.82 Å². The van der Waals surface area contributed by atoms with Gasteiger partial charge >= 0.3 is 0 Å². The number of rotatable bonds is 9. The van der Waals surface area contributed by atoms with Crippen molar-refractivity contribution in [3.8, 4) is 11.5 Å². The number of aromatic nitrogens is 2. The van der Waals surface area contributed by atoms with Gasteiger partial charge in [-0.3, -0.25) is 0 Å². The third kappa shape index (κ3) is 4.76. The first-order valence-electron chi connectivity index (χ1n) is 8.59. The van der Waals surface area contributed by atoms with Crippen LogP contribution in [0.2, 0.25) is 0 Å². The average Bonchev–Trinajstić information content (AvgIpc) is 2.63. The molecule has 1 aromatic carbocycles. The van der Waals surface area contributed by atoms with E-state index in [1.54, 1.807) is 27.5 Å². The van der Waals surface area contributed by atoms with Gasteiger partial charge in [0.05, 0.1) is 20.8 Å². The highest BCUT2D eigenvalue weighted by Gasteiger charge is 2.15. The molecule has 1 aromatic heterocycles. The Labute approximate surface area is 154 Å². The fraction of sp³-hybridized carbons (Fsp3) is 0.474. The molecule has 142 valence electrons. The molecule has 0 atom stereocenters. The summed E-state index contributed by atoms with van der Waals surface area (Å²) in [5.74, 6) is 2.72. The smallest absolute Gasteiger partial charge is 0.224 e. The van der Waals surface area contributed by atoms with E-state index in [1.807, 2.05) is 12.1 Å². The SMILES string of the molecule is COCCNc1ncc(Cc2cc(OC)c(OC)cc2C(C)C)c(N)n1. The van der Waals surface area contributed by atoms with Gasteiger partial charge in [-0.15, -0.1) is 0 Å². The Balaban J connectivity index is 2.29. The number of nitrogens with zero attached hydrogens (tertiary/aromatic N) is 2. The number of ether oxygens (including phenoxy) is 3. The Hall–Kier alpha value is -2.54. The second-order valence-corrected chi connectivity index (χ2v) is 6.26. The quantitative estimate of drug-likeness (QED) is 0.664. The molecule has 0 spiro atoms. The van der Waals surface area contributed by atoms with Crippen LogP contribution in [0.5, 0.6) is 11.5 Å². The van der Waals surface area contributed by atoms with Crippen molar-refractivity contribution in [3.05, 3.63) is 35.0 Å². The maximum atomic E-state index is 6.15. The zero-order valence-corrected chi connectivity index (χ0v) is 16.1. The molecule has 0 bridgehead atoms. The lowest BCUT2D eigenvalue weighted by molar-refractivity contribution is 0.210. The van der Waals surface area contributed by atoms with Gasteiger partial charge in [0.15, 0.2) is 11.5 Å². The molecule has 26 heavy (non-hydrogen) atoms. The van der Waals surface area contributed by atoms with Gasteiger partial charge in [0.25, 0.3) is 0 Å². The van der Waals surface area contributed by atoms with Gasteiger partial charge in [-0.2, -0.15) is 4.98 Å². The summed E-state index contributed by atoms with van der Waals surface area (Å²) in [6, 6.07) is 4.02. The van der Waals surface area contributed by atoms with Gasteiger partial charge in [-0.1, -0.05) is 13.8 Å². The van der Waals surface area contributed by atoms with E-state index in [1.165, 1.54) is 5.56 Å². The topological polar surface area (TPSA) is 91.5 Å². The van der Waals surface area contributed by atoms with Crippen LogP contribution >= 0.6 is 0 Å². The summed E-state index contributed by atoms with van der Waals surface area (Å²) >= 11 is 0. The van der Waals surface area contributed by atoms with E-state index in [4.69, 9.17) is 19.9 Å². The standard InChI is InChI=1S/C19H28N4O3/c1-12(2)15-10-17(26-5)16(25-4)9-13(15)8-14-11-22-19(23-18(14)20)21-6-7-24-3/h9-12H,6-8H2,1-5H3,(H3,20,21,22,23). The second kappa shape index (κ2) is 9.24. The largest absolute Gasteiger partial charge is 0.493 e. The molecule has 0 aliphatic heterocycles. The van der Waals surface area contributed by atoms with E-state index >= 15 is 0 Å². The molecule has 7 heteroatoms. The molecular weight excluding hydrogens is 332 g/mol. The molecule has 7 nitrogen and oxygen atoms in total. The van der Waals surface area contributed by atoms with E-state index in [-0.39, 0.29) is 0 Å². The van der Waals surface area contributed by atoms with E-state index in [0.717, 1.165) is 16.9 Å². The fourth-order valence-electron chi connectivity index (χ4n) is 2.74. The van der Waals surface area contributed by atoms with Crippen LogP contribution in [0.25, 0.3) is 0 Å². The number of nitrogen functional groups attached to an aromatic ring is 1. The van der Waals surface area contributed by atoms with Crippen molar-refractivity contribution < 1.29 is 14.2 Å². The Morgan fingerprint density at radius 1 is 1.08 bits per heavy atom. The minimum atomic E-state index is 0.335. The van der Waals surface area contributed by atoms with Crippen LogP contribution in [0.1, 0.15) is 36.5 Å². The fourth-order valence-corrected chi connectivity index (χ4v) is 2.74. The van der Waals surface area contributed by atoms with Crippen molar-refractivity contribution in [3.63, 3.8) is 0 Å². The van der Waals surface area contributed by atoms with Crippen LogP contribution in [-0.4, -0.2) is 44.4 Å². The third-order valence-corrected chi connectivity index (χ3v) is 4.14. The van der Waals surface area contributed by atoms with Crippen LogP contribution in [0.3, 0.4) is 0 Å². The number of benzene rings is 1. The predicted molar refractivity (Wildman–Crippen MR) is 103 cm³/mol. The molecule has 0 saturated carbocycles. The number of nitrogens with one attached hydrogen (secondary N) is 1. The molecule has 0 amide bonds. The number of hydrogen-bond donors (Lipinski definition) is 2. The van der Waals surface area contributed by atoms with Crippen molar-refractivity contribution in [2.24, 2.45) is 0 Å². The third-order valence-electron chi connectivity index (χ3n) is 4.14. The molecule has 1 heterocycles. The van der Waals surface area contributed by atoms with E-state index < -0.39 is 0 Å². The van der Waals surface area contributed by atoms with Gasteiger partial charge in [0.2, 0.25) is 5.95 Å². The van der Waals surface area contributed by atoms with E-state index in [0.29, 0.717) is 43.0 Å². The van der Waals surface area contributed by atoms with Gasteiger partial charge < -0.3 is 25.3 Å². The predicted octanol–water partition coefficient (Wildman–Crippen LogP) is 2.85. The molecule has 0 saturated heterocycles. The molecular formula is C19H28N4O3. The molecule has 0 radical (unpaired) electrons. The van der Waals surface area contributed by atoms with Crippen LogP contribution in [0.15, 0.2) is 18.3 Å². The van der Waals surface area contributed by atoms with Crippen LogP contribution in [0, 0.1) is 0 Å². The lowest BCUT2D eigenvalue weighted by Gasteiger charge is -2.18. The zero-order chi connectivity index (χ0) is 19.1. The number of hydrogen-bond acceptors (Lipinski definition) is 7. The number of methoxy groups -OCH3 is 3. The lowest BCUT2D eigenvalue weighted by Crippen LogP contribution is -2.12. The molecule has 0 aliphatic rings. The summed E-state index contributed by atoms with van der Waals surface area (Å²) in [5, 5.41) is 3.08. The second-order valence-electron chi connectivity index (χ2n) is 6.26. The van der Waals surface area contributed by atoms with Gasteiger partial charge in [-0.05, 0) is 29.2 Å². The zero-order valence-electron chi connectivity index (χ0n) is 16.1.